The topological polar surface area (TPSA) is 15.3 Å². The maximum Gasteiger partial charge on any atom is 0.0234 e. The number of aryl methyl sites for hydroxylation is 2. The van der Waals surface area contributed by atoms with E-state index in [9.17, 15) is 0 Å². The number of nitrogens with zero attached hydrogens (tertiary/aromatic N) is 1. The standard InChI is InChI=1S/C28H42N2/c1-20(2)26-14-13-25(27(21(3)4)28(26)22(5)6)12-11-23-7-9-24(10-8-23)19-30-17-15-29-16-18-30/h7-10,13-14,20-22,29H,11-12,15-19H2,1-6H3. The van der Waals surface area contributed by atoms with Gasteiger partial charge < -0.3 is 5.32 Å². The number of piperazine rings is 1. The number of hydrogen-bond acceptors (Lipinski definition) is 2. The van der Waals surface area contributed by atoms with Crippen LogP contribution in [0.4, 0.5) is 0 Å². The molecule has 2 heteroatoms. The fraction of sp³-hybridized carbons (Fsp3) is 0.571. The van der Waals surface area contributed by atoms with E-state index < -0.39 is 0 Å². The minimum Gasteiger partial charge on any atom is -0.314 e. The minimum absolute atomic E-state index is 0.567. The Balaban J connectivity index is 1.72. The minimum atomic E-state index is 0.567. The Bertz CT molecular complexity index is 796. The van der Waals surface area contributed by atoms with E-state index >= 15 is 0 Å². The second-order valence-electron chi connectivity index (χ2n) is 9.95. The summed E-state index contributed by atoms with van der Waals surface area (Å²) in [6.45, 7) is 19.7. The molecule has 1 heterocycles. The molecule has 1 fully saturated rings. The van der Waals surface area contributed by atoms with E-state index in [0.29, 0.717) is 17.8 Å². The predicted molar refractivity (Wildman–Crippen MR) is 131 cm³/mol. The van der Waals surface area contributed by atoms with Gasteiger partial charge in [0.1, 0.15) is 0 Å². The highest BCUT2D eigenvalue weighted by molar-refractivity contribution is 5.46. The lowest BCUT2D eigenvalue weighted by Gasteiger charge is -2.27. The molecule has 0 aliphatic carbocycles. The summed E-state index contributed by atoms with van der Waals surface area (Å²) in [5.74, 6) is 1.72. The monoisotopic (exact) mass is 406 g/mol. The Hall–Kier alpha value is -1.64. The number of hydrogen-bond donors (Lipinski definition) is 1. The van der Waals surface area contributed by atoms with Crippen LogP contribution in [0, 0.1) is 0 Å². The zero-order valence-electron chi connectivity index (χ0n) is 20.1. The van der Waals surface area contributed by atoms with Crippen LogP contribution in [0.3, 0.4) is 0 Å². The molecule has 0 spiro atoms. The van der Waals surface area contributed by atoms with Gasteiger partial charge in [-0.1, -0.05) is 77.9 Å². The van der Waals surface area contributed by atoms with Crippen LogP contribution in [0.1, 0.15) is 92.7 Å². The highest BCUT2D eigenvalue weighted by Crippen LogP contribution is 2.36. The van der Waals surface area contributed by atoms with Gasteiger partial charge in [0.05, 0.1) is 0 Å². The van der Waals surface area contributed by atoms with Gasteiger partial charge in [-0.3, -0.25) is 4.90 Å². The molecule has 3 rings (SSSR count). The summed E-state index contributed by atoms with van der Waals surface area (Å²) >= 11 is 0. The lowest BCUT2D eigenvalue weighted by atomic mass is 9.79. The summed E-state index contributed by atoms with van der Waals surface area (Å²) < 4.78 is 0. The fourth-order valence-electron chi connectivity index (χ4n) is 4.96. The van der Waals surface area contributed by atoms with E-state index in [4.69, 9.17) is 0 Å². The first-order valence-electron chi connectivity index (χ1n) is 12.0. The van der Waals surface area contributed by atoms with Crippen LogP contribution < -0.4 is 5.32 Å². The van der Waals surface area contributed by atoms with Crippen LogP contribution in [-0.4, -0.2) is 31.1 Å². The van der Waals surface area contributed by atoms with E-state index in [1.54, 1.807) is 16.7 Å². The summed E-state index contributed by atoms with van der Waals surface area (Å²) in [6, 6.07) is 14.2. The Morgan fingerprint density at radius 2 is 1.30 bits per heavy atom. The first-order chi connectivity index (χ1) is 14.4. The maximum atomic E-state index is 3.43. The molecule has 1 saturated heterocycles. The molecule has 1 aliphatic rings. The van der Waals surface area contributed by atoms with Gasteiger partial charge in [0, 0.05) is 32.7 Å². The van der Waals surface area contributed by atoms with Crippen LogP contribution in [0.5, 0.6) is 0 Å². The zero-order valence-corrected chi connectivity index (χ0v) is 20.1. The Morgan fingerprint density at radius 3 is 1.87 bits per heavy atom. The van der Waals surface area contributed by atoms with E-state index in [1.807, 2.05) is 0 Å². The van der Waals surface area contributed by atoms with E-state index in [-0.39, 0.29) is 0 Å². The van der Waals surface area contributed by atoms with E-state index in [2.05, 4.69) is 88.2 Å². The molecule has 30 heavy (non-hydrogen) atoms. The fourth-order valence-corrected chi connectivity index (χ4v) is 4.96. The van der Waals surface area contributed by atoms with E-state index in [0.717, 1.165) is 45.6 Å². The number of benzene rings is 2. The van der Waals surface area contributed by atoms with Gasteiger partial charge in [0.15, 0.2) is 0 Å². The predicted octanol–water partition coefficient (Wildman–Crippen LogP) is 6.25. The smallest absolute Gasteiger partial charge is 0.0234 e. The highest BCUT2D eigenvalue weighted by Gasteiger charge is 2.20. The van der Waals surface area contributed by atoms with Gasteiger partial charge >= 0.3 is 0 Å². The van der Waals surface area contributed by atoms with Gasteiger partial charge in [0.2, 0.25) is 0 Å². The molecule has 0 saturated carbocycles. The lowest BCUT2D eigenvalue weighted by molar-refractivity contribution is 0.233. The zero-order chi connectivity index (χ0) is 21.7. The average Bonchev–Trinajstić information content (AvgIpc) is 2.73. The van der Waals surface area contributed by atoms with Crippen LogP contribution in [-0.2, 0) is 19.4 Å². The summed E-state index contributed by atoms with van der Waals surface area (Å²) in [5.41, 5.74) is 9.17. The normalized spacial score (nSPS) is 15.5. The molecule has 0 atom stereocenters. The molecule has 1 aliphatic heterocycles. The van der Waals surface area contributed by atoms with Crippen LogP contribution >= 0.6 is 0 Å². The maximum absolute atomic E-state index is 3.43. The van der Waals surface area contributed by atoms with Crippen molar-refractivity contribution >= 4 is 0 Å². The van der Waals surface area contributed by atoms with Crippen molar-refractivity contribution in [3.8, 4) is 0 Å². The Labute approximate surface area is 185 Å². The first kappa shape index (κ1) is 23.0. The molecule has 2 aromatic carbocycles. The van der Waals surface area contributed by atoms with Crippen molar-refractivity contribution in [1.29, 1.82) is 0 Å². The molecule has 0 bridgehead atoms. The van der Waals surface area contributed by atoms with Crippen molar-refractivity contribution in [2.24, 2.45) is 0 Å². The van der Waals surface area contributed by atoms with Gasteiger partial charge in [-0.15, -0.1) is 0 Å². The largest absolute Gasteiger partial charge is 0.314 e. The molecule has 1 N–H and O–H groups in total. The van der Waals surface area contributed by atoms with Crippen LogP contribution in [0.2, 0.25) is 0 Å². The quantitative estimate of drug-likeness (QED) is 0.557. The van der Waals surface area contributed by atoms with Gasteiger partial charge in [-0.05, 0) is 64.0 Å². The Kier molecular flexibility index (Phi) is 8.13. The van der Waals surface area contributed by atoms with Crippen molar-refractivity contribution in [2.45, 2.75) is 78.7 Å². The number of nitrogens with one attached hydrogen (secondary N) is 1. The second kappa shape index (κ2) is 10.6. The van der Waals surface area contributed by atoms with Crippen LogP contribution in [0.25, 0.3) is 0 Å². The molecular formula is C28H42N2. The lowest BCUT2D eigenvalue weighted by Crippen LogP contribution is -2.42. The molecule has 0 radical (unpaired) electrons. The SMILES string of the molecule is CC(C)c1ccc(CCc2ccc(CN3CCNCC3)cc2)c(C(C)C)c1C(C)C. The highest BCUT2D eigenvalue weighted by atomic mass is 15.2. The van der Waals surface area contributed by atoms with Gasteiger partial charge in [-0.25, -0.2) is 0 Å². The third-order valence-corrected chi connectivity index (χ3v) is 6.51. The summed E-state index contributed by atoms with van der Waals surface area (Å²) in [5, 5.41) is 3.43. The molecule has 2 aromatic rings. The molecular weight excluding hydrogens is 364 g/mol. The first-order valence-corrected chi connectivity index (χ1v) is 12.0. The summed E-state index contributed by atoms with van der Waals surface area (Å²) in [4.78, 5) is 2.55. The van der Waals surface area contributed by atoms with Crippen molar-refractivity contribution in [3.05, 3.63) is 69.8 Å². The molecule has 2 nitrogen and oxygen atoms in total. The van der Waals surface area contributed by atoms with E-state index in [1.165, 1.54) is 16.7 Å². The molecule has 0 unspecified atom stereocenters. The van der Waals surface area contributed by atoms with Gasteiger partial charge in [0.25, 0.3) is 0 Å². The van der Waals surface area contributed by atoms with Gasteiger partial charge in [-0.2, -0.15) is 0 Å². The summed E-state index contributed by atoms with van der Waals surface area (Å²) in [6.07, 6.45) is 2.24. The van der Waals surface area contributed by atoms with Crippen molar-refractivity contribution in [1.82, 2.24) is 10.2 Å². The molecule has 0 aromatic heterocycles. The van der Waals surface area contributed by atoms with Crippen molar-refractivity contribution < 1.29 is 0 Å². The Morgan fingerprint density at radius 1 is 0.700 bits per heavy atom. The van der Waals surface area contributed by atoms with Crippen molar-refractivity contribution in [3.63, 3.8) is 0 Å². The van der Waals surface area contributed by atoms with Crippen molar-refractivity contribution in [2.75, 3.05) is 26.2 Å². The average molecular weight is 407 g/mol. The second-order valence-corrected chi connectivity index (χ2v) is 9.95. The summed E-state index contributed by atoms with van der Waals surface area (Å²) in [7, 11) is 0. The molecule has 0 amide bonds. The third-order valence-electron chi connectivity index (χ3n) is 6.51. The third kappa shape index (κ3) is 5.74. The molecule has 164 valence electrons. The van der Waals surface area contributed by atoms with Crippen LogP contribution in [0.15, 0.2) is 36.4 Å². The number of rotatable bonds is 8.